The van der Waals surface area contributed by atoms with E-state index in [-0.39, 0.29) is 24.1 Å². The summed E-state index contributed by atoms with van der Waals surface area (Å²) in [4.78, 5) is 22.4. The van der Waals surface area contributed by atoms with Gasteiger partial charge < -0.3 is 25.4 Å². The van der Waals surface area contributed by atoms with Crippen LogP contribution in [0, 0.1) is 6.92 Å². The number of carbonyl (C=O) groups excluding carboxylic acids is 2. The van der Waals surface area contributed by atoms with Crippen molar-refractivity contribution >= 4 is 34.9 Å². The summed E-state index contributed by atoms with van der Waals surface area (Å²) in [7, 11) is 2.81. The Morgan fingerprint density at radius 2 is 1.91 bits per heavy atom. The van der Waals surface area contributed by atoms with Crippen LogP contribution in [0.25, 0.3) is 0 Å². The molecule has 7 nitrogen and oxygen atoms in total. The molecule has 0 atom stereocenters. The molecule has 0 spiro atoms. The van der Waals surface area contributed by atoms with Gasteiger partial charge in [0.25, 0.3) is 0 Å². The Morgan fingerprint density at radius 3 is 2.55 bits per heavy atom. The van der Waals surface area contributed by atoms with E-state index in [9.17, 15) is 9.59 Å². The maximum atomic E-state index is 11.5. The van der Waals surface area contributed by atoms with Crippen molar-refractivity contribution in [3.05, 3.63) is 23.8 Å². The molecule has 1 rings (SSSR count). The van der Waals surface area contributed by atoms with E-state index < -0.39 is 5.97 Å². The van der Waals surface area contributed by atoms with Crippen LogP contribution in [0.2, 0.25) is 0 Å². The van der Waals surface area contributed by atoms with E-state index in [1.165, 1.54) is 7.11 Å². The zero-order valence-electron chi connectivity index (χ0n) is 12.7. The van der Waals surface area contributed by atoms with Crippen LogP contribution in [0.4, 0.5) is 5.69 Å². The minimum atomic E-state index is -0.515. The van der Waals surface area contributed by atoms with Crippen molar-refractivity contribution in [2.75, 3.05) is 32.6 Å². The molecule has 0 unspecified atom stereocenters. The van der Waals surface area contributed by atoms with Gasteiger partial charge in [-0.2, -0.15) is 0 Å². The largest absolute Gasteiger partial charge is 0.495 e. The molecule has 0 aliphatic rings. The van der Waals surface area contributed by atoms with Crippen LogP contribution in [0.1, 0.15) is 5.56 Å². The molecule has 3 N–H and O–H groups in total. The number of carbonyl (C=O) groups is 2. The van der Waals surface area contributed by atoms with Crippen molar-refractivity contribution in [3.8, 4) is 5.75 Å². The molecule has 1 aromatic rings. The van der Waals surface area contributed by atoms with E-state index in [1.54, 1.807) is 7.11 Å². The molecule has 0 aliphatic heterocycles. The summed E-state index contributed by atoms with van der Waals surface area (Å²) in [5.74, 6) is -0.241. The van der Waals surface area contributed by atoms with Gasteiger partial charge in [-0.05, 0) is 36.8 Å². The van der Waals surface area contributed by atoms with Crippen molar-refractivity contribution in [2.24, 2.45) is 0 Å². The summed E-state index contributed by atoms with van der Waals surface area (Å²) in [6.45, 7) is 1.71. The fourth-order valence-corrected chi connectivity index (χ4v) is 1.73. The van der Waals surface area contributed by atoms with E-state index in [4.69, 9.17) is 17.0 Å². The standard InChI is InChI=1S/C14H19N3O4S/c1-9-4-5-11(20-2)10(6-9)17-14(22)16-7-12(18)15-8-13(19)21-3/h4-6H,7-8H2,1-3H3,(H,15,18)(H2,16,17,22). The highest BCUT2D eigenvalue weighted by molar-refractivity contribution is 7.80. The zero-order chi connectivity index (χ0) is 16.5. The maximum Gasteiger partial charge on any atom is 0.325 e. The van der Waals surface area contributed by atoms with Crippen LogP contribution < -0.4 is 20.7 Å². The number of nitrogens with one attached hydrogen (secondary N) is 3. The molecule has 8 heteroatoms. The number of anilines is 1. The molecule has 0 fully saturated rings. The number of hydrogen-bond acceptors (Lipinski definition) is 5. The third-order valence-electron chi connectivity index (χ3n) is 2.67. The summed E-state index contributed by atoms with van der Waals surface area (Å²) in [6, 6.07) is 5.62. The Kier molecular flexibility index (Phi) is 7.11. The van der Waals surface area contributed by atoms with E-state index >= 15 is 0 Å². The second kappa shape index (κ2) is 8.83. The minimum absolute atomic E-state index is 0.0586. The molecular formula is C14H19N3O4S. The Labute approximate surface area is 134 Å². The van der Waals surface area contributed by atoms with Gasteiger partial charge in [-0.15, -0.1) is 0 Å². The lowest BCUT2D eigenvalue weighted by atomic mass is 10.2. The predicted molar refractivity (Wildman–Crippen MR) is 87.0 cm³/mol. The number of aryl methyl sites for hydroxylation is 1. The smallest absolute Gasteiger partial charge is 0.325 e. The highest BCUT2D eigenvalue weighted by atomic mass is 32.1. The highest BCUT2D eigenvalue weighted by Gasteiger charge is 2.08. The van der Waals surface area contributed by atoms with Gasteiger partial charge in [0.2, 0.25) is 5.91 Å². The SMILES string of the molecule is COC(=O)CNC(=O)CNC(=S)Nc1cc(C)ccc1OC. The number of methoxy groups -OCH3 is 2. The predicted octanol–water partition coefficient (Wildman–Crippen LogP) is 0.579. The first-order valence-electron chi connectivity index (χ1n) is 6.49. The molecule has 22 heavy (non-hydrogen) atoms. The number of esters is 1. The summed E-state index contributed by atoms with van der Waals surface area (Å²) >= 11 is 5.11. The number of thiocarbonyl (C=S) groups is 1. The lowest BCUT2D eigenvalue weighted by Crippen LogP contribution is -2.40. The zero-order valence-corrected chi connectivity index (χ0v) is 13.5. The summed E-state index contributed by atoms with van der Waals surface area (Å²) < 4.78 is 9.64. The third-order valence-corrected chi connectivity index (χ3v) is 2.92. The summed E-state index contributed by atoms with van der Waals surface area (Å²) in [5.41, 5.74) is 1.75. The molecule has 1 aromatic carbocycles. The average Bonchev–Trinajstić information content (AvgIpc) is 2.50. The van der Waals surface area contributed by atoms with Gasteiger partial charge in [-0.3, -0.25) is 9.59 Å². The average molecular weight is 325 g/mol. The Hall–Kier alpha value is -2.35. The Bertz CT molecular complexity index is 563. The van der Waals surface area contributed by atoms with Gasteiger partial charge in [0.15, 0.2) is 5.11 Å². The Balaban J connectivity index is 2.45. The van der Waals surface area contributed by atoms with Gasteiger partial charge >= 0.3 is 5.97 Å². The van der Waals surface area contributed by atoms with Crippen molar-refractivity contribution in [3.63, 3.8) is 0 Å². The maximum absolute atomic E-state index is 11.5. The fraction of sp³-hybridized carbons (Fsp3) is 0.357. The Morgan fingerprint density at radius 1 is 1.18 bits per heavy atom. The van der Waals surface area contributed by atoms with Gasteiger partial charge in [-0.1, -0.05) is 6.07 Å². The van der Waals surface area contributed by atoms with E-state index in [0.29, 0.717) is 11.4 Å². The van der Waals surface area contributed by atoms with Crippen molar-refractivity contribution < 1.29 is 19.1 Å². The minimum Gasteiger partial charge on any atom is -0.495 e. The van der Waals surface area contributed by atoms with Crippen LogP contribution in [0.5, 0.6) is 5.75 Å². The number of ether oxygens (including phenoxy) is 2. The summed E-state index contributed by atoms with van der Waals surface area (Å²) in [5, 5.41) is 8.37. The normalized spacial score (nSPS) is 9.59. The summed E-state index contributed by atoms with van der Waals surface area (Å²) in [6.07, 6.45) is 0. The molecule has 0 radical (unpaired) electrons. The first kappa shape index (κ1) is 17.7. The quantitative estimate of drug-likeness (QED) is 0.521. The second-order valence-corrected chi connectivity index (χ2v) is 4.77. The second-order valence-electron chi connectivity index (χ2n) is 4.36. The molecule has 0 saturated carbocycles. The molecule has 0 bridgehead atoms. The van der Waals surface area contributed by atoms with Crippen LogP contribution in [-0.4, -0.2) is 44.3 Å². The van der Waals surface area contributed by atoms with Crippen LogP contribution in [0.3, 0.4) is 0 Å². The van der Waals surface area contributed by atoms with Crippen LogP contribution in [0.15, 0.2) is 18.2 Å². The van der Waals surface area contributed by atoms with Crippen LogP contribution >= 0.6 is 12.2 Å². The van der Waals surface area contributed by atoms with E-state index in [2.05, 4.69) is 20.7 Å². The molecule has 0 aliphatic carbocycles. The lowest BCUT2D eigenvalue weighted by molar-refractivity contribution is -0.141. The molecule has 120 valence electrons. The third kappa shape index (κ3) is 5.96. The first-order chi connectivity index (χ1) is 10.5. The monoisotopic (exact) mass is 325 g/mol. The van der Waals surface area contributed by atoms with E-state index in [1.807, 2.05) is 25.1 Å². The topological polar surface area (TPSA) is 88.7 Å². The highest BCUT2D eigenvalue weighted by Crippen LogP contribution is 2.24. The van der Waals surface area contributed by atoms with Crippen LogP contribution in [-0.2, 0) is 14.3 Å². The van der Waals surface area contributed by atoms with Gasteiger partial charge in [-0.25, -0.2) is 0 Å². The fourth-order valence-electron chi connectivity index (χ4n) is 1.55. The van der Waals surface area contributed by atoms with Crippen molar-refractivity contribution in [1.29, 1.82) is 0 Å². The molecule has 0 heterocycles. The number of amides is 1. The number of rotatable bonds is 6. The van der Waals surface area contributed by atoms with Gasteiger partial charge in [0.05, 0.1) is 26.5 Å². The lowest BCUT2D eigenvalue weighted by Gasteiger charge is -2.14. The molecular weight excluding hydrogens is 306 g/mol. The van der Waals surface area contributed by atoms with Gasteiger partial charge in [0, 0.05) is 0 Å². The molecule has 0 aromatic heterocycles. The van der Waals surface area contributed by atoms with Crippen molar-refractivity contribution in [1.82, 2.24) is 10.6 Å². The number of hydrogen-bond donors (Lipinski definition) is 3. The first-order valence-corrected chi connectivity index (χ1v) is 6.90. The van der Waals surface area contributed by atoms with E-state index in [0.717, 1.165) is 5.56 Å². The molecule has 1 amide bonds. The van der Waals surface area contributed by atoms with Gasteiger partial charge in [0.1, 0.15) is 12.3 Å². The molecule has 0 saturated heterocycles. The number of benzene rings is 1. The van der Waals surface area contributed by atoms with Crippen molar-refractivity contribution in [2.45, 2.75) is 6.92 Å².